The number of halogens is 1. The number of rotatable bonds is 2. The van der Waals surface area contributed by atoms with Crippen molar-refractivity contribution in [2.75, 3.05) is 6.61 Å². The predicted octanol–water partition coefficient (Wildman–Crippen LogP) is 3.48. The van der Waals surface area contributed by atoms with Gasteiger partial charge in [0.2, 0.25) is 0 Å². The first-order chi connectivity index (χ1) is 11.6. The van der Waals surface area contributed by atoms with Crippen LogP contribution >= 0.6 is 11.6 Å². The van der Waals surface area contributed by atoms with Crippen LogP contribution in [0, 0.1) is 0 Å². The van der Waals surface area contributed by atoms with E-state index >= 15 is 0 Å². The van der Waals surface area contributed by atoms with Crippen molar-refractivity contribution in [1.82, 2.24) is 14.9 Å². The molecule has 3 heterocycles. The van der Waals surface area contributed by atoms with Gasteiger partial charge in [-0.25, -0.2) is 0 Å². The maximum absolute atomic E-state index is 12.8. The fourth-order valence-corrected chi connectivity index (χ4v) is 3.31. The van der Waals surface area contributed by atoms with Crippen molar-refractivity contribution in [2.45, 2.75) is 12.5 Å². The summed E-state index contributed by atoms with van der Waals surface area (Å²) in [6.07, 6.45) is 4.14. The molecule has 1 N–H and O–H groups in total. The third kappa shape index (κ3) is 2.51. The van der Waals surface area contributed by atoms with Gasteiger partial charge in [0.1, 0.15) is 11.4 Å². The molecule has 1 unspecified atom stereocenters. The number of nitrogens with one attached hydrogen (secondary N) is 1. The molecule has 1 aromatic carbocycles. The lowest BCUT2D eigenvalue weighted by Crippen LogP contribution is -2.33. The van der Waals surface area contributed by atoms with Crippen LogP contribution in [0.2, 0.25) is 5.02 Å². The lowest BCUT2D eigenvalue weighted by molar-refractivity contribution is 0.0917. The van der Waals surface area contributed by atoms with E-state index < -0.39 is 0 Å². The van der Waals surface area contributed by atoms with E-state index in [4.69, 9.17) is 16.3 Å². The molecule has 0 aliphatic carbocycles. The molecule has 3 aromatic rings. The van der Waals surface area contributed by atoms with Gasteiger partial charge in [0.25, 0.3) is 5.91 Å². The summed E-state index contributed by atoms with van der Waals surface area (Å²) in [6, 6.07) is 9.31. The van der Waals surface area contributed by atoms with Gasteiger partial charge in [-0.05, 0) is 24.3 Å². The summed E-state index contributed by atoms with van der Waals surface area (Å²) in [5.74, 6) is 0.623. The van der Waals surface area contributed by atoms with Crippen LogP contribution in [0.4, 0.5) is 0 Å². The molecule has 5 nitrogen and oxygen atoms in total. The normalized spacial score (nSPS) is 16.5. The lowest BCUT2D eigenvalue weighted by Gasteiger charge is -2.26. The number of aromatic nitrogens is 2. The van der Waals surface area contributed by atoms with Crippen LogP contribution in [0.1, 0.15) is 28.5 Å². The number of fused-ring (bicyclic) bond motifs is 2. The number of nitrogens with zero attached hydrogens (tertiary/aromatic N) is 2. The molecule has 0 radical (unpaired) electrons. The van der Waals surface area contributed by atoms with E-state index in [-0.39, 0.29) is 11.9 Å². The van der Waals surface area contributed by atoms with E-state index in [1.54, 1.807) is 12.4 Å². The van der Waals surface area contributed by atoms with Gasteiger partial charge in [0, 0.05) is 41.2 Å². The summed E-state index contributed by atoms with van der Waals surface area (Å²) < 4.78 is 7.46. The summed E-state index contributed by atoms with van der Waals surface area (Å²) in [6.45, 7) is 0.564. The molecule has 6 heteroatoms. The Morgan fingerprint density at radius 2 is 2.25 bits per heavy atom. The Labute approximate surface area is 144 Å². The SMILES string of the molecule is Cn1c(C(=O)NC2CCOc3cnccc32)cc2ccc(Cl)cc21. The van der Waals surface area contributed by atoms with E-state index in [2.05, 4.69) is 10.3 Å². The minimum atomic E-state index is -0.112. The second kappa shape index (κ2) is 5.83. The number of carbonyl (C=O) groups excluding carboxylic acids is 1. The number of carbonyl (C=O) groups is 1. The monoisotopic (exact) mass is 341 g/mol. The fourth-order valence-electron chi connectivity index (χ4n) is 3.14. The molecule has 0 fully saturated rings. The average molecular weight is 342 g/mol. The largest absolute Gasteiger partial charge is 0.492 e. The van der Waals surface area contributed by atoms with Crippen LogP contribution < -0.4 is 10.1 Å². The number of hydrogen-bond acceptors (Lipinski definition) is 3. The minimum absolute atomic E-state index is 0.0779. The molecule has 24 heavy (non-hydrogen) atoms. The number of aryl methyl sites for hydroxylation is 1. The first-order valence-electron chi connectivity index (χ1n) is 7.76. The Balaban J connectivity index is 1.65. The summed E-state index contributed by atoms with van der Waals surface area (Å²) in [7, 11) is 1.87. The Morgan fingerprint density at radius 1 is 1.38 bits per heavy atom. The summed E-state index contributed by atoms with van der Waals surface area (Å²) >= 11 is 6.06. The van der Waals surface area contributed by atoms with Crippen LogP contribution in [0.5, 0.6) is 5.75 Å². The molecule has 1 atom stereocenters. The van der Waals surface area contributed by atoms with E-state index in [0.717, 1.165) is 28.6 Å². The maximum atomic E-state index is 12.8. The van der Waals surface area contributed by atoms with Crippen molar-refractivity contribution in [3.63, 3.8) is 0 Å². The van der Waals surface area contributed by atoms with Gasteiger partial charge in [-0.15, -0.1) is 0 Å². The van der Waals surface area contributed by atoms with Crippen molar-refractivity contribution >= 4 is 28.4 Å². The molecule has 0 bridgehead atoms. The van der Waals surface area contributed by atoms with Crippen molar-refractivity contribution in [3.05, 3.63) is 59.0 Å². The summed E-state index contributed by atoms with van der Waals surface area (Å²) in [4.78, 5) is 16.8. The van der Waals surface area contributed by atoms with Crippen LogP contribution in [-0.4, -0.2) is 22.1 Å². The van der Waals surface area contributed by atoms with Crippen LogP contribution in [-0.2, 0) is 7.05 Å². The molecular weight excluding hydrogens is 326 g/mol. The van der Waals surface area contributed by atoms with Gasteiger partial charge >= 0.3 is 0 Å². The van der Waals surface area contributed by atoms with Gasteiger partial charge < -0.3 is 14.6 Å². The van der Waals surface area contributed by atoms with Gasteiger partial charge in [-0.2, -0.15) is 0 Å². The van der Waals surface area contributed by atoms with E-state index in [1.807, 2.05) is 41.9 Å². The molecule has 0 saturated carbocycles. The van der Waals surface area contributed by atoms with Crippen LogP contribution in [0.25, 0.3) is 10.9 Å². The van der Waals surface area contributed by atoms with Crippen molar-refractivity contribution in [3.8, 4) is 5.75 Å². The Kier molecular flexibility index (Phi) is 3.65. The van der Waals surface area contributed by atoms with Crippen molar-refractivity contribution in [1.29, 1.82) is 0 Å². The van der Waals surface area contributed by atoms with Crippen LogP contribution in [0.3, 0.4) is 0 Å². The van der Waals surface area contributed by atoms with Gasteiger partial charge in [-0.3, -0.25) is 9.78 Å². The molecular formula is C18H16ClN3O2. The van der Waals surface area contributed by atoms with Gasteiger partial charge in [0.05, 0.1) is 18.8 Å². The van der Waals surface area contributed by atoms with E-state index in [1.165, 1.54) is 0 Å². The molecule has 1 amide bonds. The first-order valence-corrected chi connectivity index (χ1v) is 8.14. The van der Waals surface area contributed by atoms with E-state index in [0.29, 0.717) is 17.3 Å². The second-order valence-corrected chi connectivity index (χ2v) is 6.30. The highest BCUT2D eigenvalue weighted by Gasteiger charge is 2.24. The summed E-state index contributed by atoms with van der Waals surface area (Å²) in [5.41, 5.74) is 2.50. The smallest absolute Gasteiger partial charge is 0.268 e. The number of benzene rings is 1. The van der Waals surface area contributed by atoms with E-state index in [9.17, 15) is 4.79 Å². The topological polar surface area (TPSA) is 56.2 Å². The zero-order valence-electron chi connectivity index (χ0n) is 13.1. The maximum Gasteiger partial charge on any atom is 0.268 e. The number of pyridine rings is 1. The first kappa shape index (κ1) is 15.0. The van der Waals surface area contributed by atoms with Gasteiger partial charge in [0.15, 0.2) is 0 Å². The van der Waals surface area contributed by atoms with Crippen molar-refractivity contribution < 1.29 is 9.53 Å². The molecule has 1 aliphatic rings. The quantitative estimate of drug-likeness (QED) is 0.776. The number of hydrogen-bond donors (Lipinski definition) is 1. The number of ether oxygens (including phenoxy) is 1. The average Bonchev–Trinajstić information content (AvgIpc) is 2.92. The highest BCUT2D eigenvalue weighted by molar-refractivity contribution is 6.31. The Hall–Kier alpha value is -2.53. The third-order valence-electron chi connectivity index (χ3n) is 4.40. The lowest BCUT2D eigenvalue weighted by atomic mass is 10.0. The molecule has 0 saturated heterocycles. The van der Waals surface area contributed by atoms with Crippen molar-refractivity contribution in [2.24, 2.45) is 7.05 Å². The fraction of sp³-hybridized carbons (Fsp3) is 0.222. The Morgan fingerprint density at radius 3 is 3.12 bits per heavy atom. The predicted molar refractivity (Wildman–Crippen MR) is 92.5 cm³/mol. The molecule has 2 aromatic heterocycles. The second-order valence-electron chi connectivity index (χ2n) is 5.87. The molecule has 4 rings (SSSR count). The summed E-state index contributed by atoms with van der Waals surface area (Å²) in [5, 5.41) is 4.75. The molecule has 0 spiro atoms. The van der Waals surface area contributed by atoms with Crippen LogP contribution in [0.15, 0.2) is 42.7 Å². The molecule has 1 aliphatic heterocycles. The third-order valence-corrected chi connectivity index (χ3v) is 4.64. The molecule has 122 valence electrons. The standard InChI is InChI=1S/C18H16ClN3O2/c1-22-15-9-12(19)3-2-11(15)8-16(22)18(23)21-14-5-7-24-17-10-20-6-4-13(14)17/h2-4,6,8-10,14H,5,7H2,1H3,(H,21,23). The van der Waals surface area contributed by atoms with Gasteiger partial charge in [-0.1, -0.05) is 17.7 Å². The minimum Gasteiger partial charge on any atom is -0.492 e. The number of amides is 1. The highest BCUT2D eigenvalue weighted by atomic mass is 35.5. The highest BCUT2D eigenvalue weighted by Crippen LogP contribution is 2.31. The Bertz CT molecular complexity index is 935. The zero-order chi connectivity index (χ0) is 16.7. The zero-order valence-corrected chi connectivity index (χ0v) is 13.9.